The van der Waals surface area contributed by atoms with Crippen LogP contribution in [0.25, 0.3) is 0 Å². The molecule has 3 rings (SSSR count). The highest BCUT2D eigenvalue weighted by Gasteiger charge is 2.42. The molecule has 1 atom stereocenters. The Labute approximate surface area is 129 Å². The topological polar surface area (TPSA) is 55.4 Å². The zero-order valence-corrected chi connectivity index (χ0v) is 12.6. The highest BCUT2D eigenvalue weighted by Crippen LogP contribution is 2.30. The summed E-state index contributed by atoms with van der Waals surface area (Å²) in [6, 6.07) is 14.7. The number of esters is 1. The Kier molecular flexibility index (Phi) is 3.45. The first-order valence-corrected chi connectivity index (χ1v) is 7.17. The molecule has 0 aromatic heterocycles. The Hall–Kier alpha value is -2.62. The van der Waals surface area contributed by atoms with Crippen molar-refractivity contribution < 1.29 is 14.3 Å². The van der Waals surface area contributed by atoms with Crippen molar-refractivity contribution in [3.8, 4) is 0 Å². The summed E-state index contributed by atoms with van der Waals surface area (Å²) in [5, 5.41) is 2.80. The SMILES string of the molecule is Cc1ccc2c(c1)CC(C)(C(=O)Nc1ccccc1)OC2=O. The van der Waals surface area contributed by atoms with Gasteiger partial charge in [-0.3, -0.25) is 4.79 Å². The summed E-state index contributed by atoms with van der Waals surface area (Å²) < 4.78 is 5.42. The molecule has 22 heavy (non-hydrogen) atoms. The number of para-hydroxylation sites is 1. The van der Waals surface area contributed by atoms with Crippen LogP contribution < -0.4 is 5.32 Å². The minimum atomic E-state index is -1.20. The average molecular weight is 295 g/mol. The number of cyclic esters (lactones) is 1. The van der Waals surface area contributed by atoms with Crippen LogP contribution in [0.1, 0.15) is 28.4 Å². The van der Waals surface area contributed by atoms with E-state index in [1.807, 2.05) is 37.3 Å². The fraction of sp³-hybridized carbons (Fsp3) is 0.222. The van der Waals surface area contributed by atoms with Crippen molar-refractivity contribution in [3.63, 3.8) is 0 Å². The van der Waals surface area contributed by atoms with E-state index in [1.54, 1.807) is 25.1 Å². The van der Waals surface area contributed by atoms with E-state index in [2.05, 4.69) is 5.32 Å². The zero-order valence-electron chi connectivity index (χ0n) is 12.6. The minimum absolute atomic E-state index is 0.320. The summed E-state index contributed by atoms with van der Waals surface area (Å²) in [5.41, 5.74) is 1.92. The quantitative estimate of drug-likeness (QED) is 0.866. The molecule has 0 saturated heterocycles. The van der Waals surface area contributed by atoms with Gasteiger partial charge in [0.15, 0.2) is 5.60 Å². The smallest absolute Gasteiger partial charge is 0.339 e. The highest BCUT2D eigenvalue weighted by molar-refractivity contribution is 6.02. The first kappa shape index (κ1) is 14.3. The second kappa shape index (κ2) is 5.30. The fourth-order valence-corrected chi connectivity index (χ4v) is 2.64. The molecule has 1 amide bonds. The Bertz CT molecular complexity index is 739. The molecule has 0 bridgehead atoms. The maximum Gasteiger partial charge on any atom is 0.339 e. The van der Waals surface area contributed by atoms with Gasteiger partial charge >= 0.3 is 5.97 Å². The number of benzene rings is 2. The lowest BCUT2D eigenvalue weighted by Gasteiger charge is -2.33. The van der Waals surface area contributed by atoms with E-state index in [0.717, 1.165) is 11.1 Å². The standard InChI is InChI=1S/C18H17NO3/c1-12-8-9-15-13(10-12)11-18(2,22-16(15)20)17(21)19-14-6-4-3-5-7-14/h3-10H,11H2,1-2H3,(H,19,21). The first-order chi connectivity index (χ1) is 10.5. The van der Waals surface area contributed by atoms with Gasteiger partial charge in [-0.05, 0) is 37.6 Å². The molecule has 0 saturated carbocycles. The fourth-order valence-electron chi connectivity index (χ4n) is 2.64. The van der Waals surface area contributed by atoms with Crippen LogP contribution in [-0.2, 0) is 16.0 Å². The molecule has 1 heterocycles. The second-order valence-corrected chi connectivity index (χ2v) is 5.78. The van der Waals surface area contributed by atoms with Gasteiger partial charge in [-0.15, -0.1) is 0 Å². The molecule has 4 nitrogen and oxygen atoms in total. The lowest BCUT2D eigenvalue weighted by molar-refractivity contribution is -0.134. The molecule has 0 fully saturated rings. The van der Waals surface area contributed by atoms with Gasteiger partial charge in [0.25, 0.3) is 5.91 Å². The maximum atomic E-state index is 12.5. The molecule has 1 N–H and O–H groups in total. The number of fused-ring (bicyclic) bond motifs is 1. The summed E-state index contributed by atoms with van der Waals surface area (Å²) in [7, 11) is 0. The van der Waals surface area contributed by atoms with Crippen LogP contribution in [0, 0.1) is 6.92 Å². The van der Waals surface area contributed by atoms with Gasteiger partial charge in [0.05, 0.1) is 5.56 Å². The largest absolute Gasteiger partial charge is 0.445 e. The zero-order chi connectivity index (χ0) is 15.7. The monoisotopic (exact) mass is 295 g/mol. The van der Waals surface area contributed by atoms with E-state index in [-0.39, 0.29) is 5.91 Å². The third-order valence-corrected chi connectivity index (χ3v) is 3.84. The third-order valence-electron chi connectivity index (χ3n) is 3.84. The molecule has 2 aromatic rings. The molecule has 0 spiro atoms. The third kappa shape index (κ3) is 2.60. The van der Waals surface area contributed by atoms with Crippen molar-refractivity contribution in [2.45, 2.75) is 25.9 Å². The number of nitrogens with one attached hydrogen (secondary N) is 1. The van der Waals surface area contributed by atoms with Crippen molar-refractivity contribution >= 4 is 17.6 Å². The van der Waals surface area contributed by atoms with E-state index in [9.17, 15) is 9.59 Å². The summed E-state index contributed by atoms with van der Waals surface area (Å²) in [5.74, 6) is -0.772. The van der Waals surface area contributed by atoms with Crippen LogP contribution in [0.3, 0.4) is 0 Å². The number of amides is 1. The lowest BCUT2D eigenvalue weighted by Crippen LogP contribution is -2.48. The van der Waals surface area contributed by atoms with Gasteiger partial charge in [-0.25, -0.2) is 4.79 Å². The van der Waals surface area contributed by atoms with Crippen LogP contribution >= 0.6 is 0 Å². The van der Waals surface area contributed by atoms with E-state index >= 15 is 0 Å². The van der Waals surface area contributed by atoms with Crippen molar-refractivity contribution in [1.29, 1.82) is 0 Å². The number of ether oxygens (including phenoxy) is 1. The van der Waals surface area contributed by atoms with Crippen molar-refractivity contribution in [1.82, 2.24) is 0 Å². The number of aryl methyl sites for hydroxylation is 1. The summed E-state index contributed by atoms with van der Waals surface area (Å²) >= 11 is 0. The maximum absolute atomic E-state index is 12.5. The number of hydrogen-bond acceptors (Lipinski definition) is 3. The summed E-state index contributed by atoms with van der Waals surface area (Å²) in [6.07, 6.45) is 0.369. The molecule has 0 radical (unpaired) electrons. The Balaban J connectivity index is 1.87. The van der Waals surface area contributed by atoms with Gasteiger partial charge in [0, 0.05) is 12.1 Å². The molecule has 0 aliphatic carbocycles. The first-order valence-electron chi connectivity index (χ1n) is 7.17. The molecular weight excluding hydrogens is 278 g/mol. The number of hydrogen-bond donors (Lipinski definition) is 1. The lowest BCUT2D eigenvalue weighted by atomic mass is 9.88. The Morgan fingerprint density at radius 2 is 1.91 bits per heavy atom. The van der Waals surface area contributed by atoms with Gasteiger partial charge in [-0.2, -0.15) is 0 Å². The van der Waals surface area contributed by atoms with Crippen LogP contribution in [0.2, 0.25) is 0 Å². The predicted octanol–water partition coefficient (Wildman–Crippen LogP) is 3.11. The average Bonchev–Trinajstić information content (AvgIpc) is 2.47. The number of carbonyl (C=O) groups is 2. The van der Waals surface area contributed by atoms with E-state index < -0.39 is 11.6 Å². The predicted molar refractivity (Wildman–Crippen MR) is 83.8 cm³/mol. The van der Waals surface area contributed by atoms with Crippen molar-refractivity contribution in [3.05, 3.63) is 65.2 Å². The Morgan fingerprint density at radius 3 is 2.64 bits per heavy atom. The minimum Gasteiger partial charge on any atom is -0.445 e. The van der Waals surface area contributed by atoms with Crippen LogP contribution in [-0.4, -0.2) is 17.5 Å². The van der Waals surface area contributed by atoms with Crippen LogP contribution in [0.15, 0.2) is 48.5 Å². The molecule has 1 unspecified atom stereocenters. The van der Waals surface area contributed by atoms with Crippen LogP contribution in [0.4, 0.5) is 5.69 Å². The molecule has 1 aliphatic heterocycles. The molecule has 2 aromatic carbocycles. The molecular formula is C18H17NO3. The van der Waals surface area contributed by atoms with E-state index in [4.69, 9.17) is 4.74 Å². The normalized spacial score (nSPS) is 20.0. The van der Waals surface area contributed by atoms with Gasteiger partial charge in [0.2, 0.25) is 0 Å². The molecule has 4 heteroatoms. The molecule has 112 valence electrons. The summed E-state index contributed by atoms with van der Waals surface area (Å²) in [6.45, 7) is 3.61. The number of rotatable bonds is 2. The Morgan fingerprint density at radius 1 is 1.18 bits per heavy atom. The van der Waals surface area contributed by atoms with Gasteiger partial charge in [0.1, 0.15) is 0 Å². The number of carbonyl (C=O) groups excluding carboxylic acids is 2. The van der Waals surface area contributed by atoms with E-state index in [0.29, 0.717) is 17.7 Å². The van der Waals surface area contributed by atoms with E-state index in [1.165, 1.54) is 0 Å². The van der Waals surface area contributed by atoms with Gasteiger partial charge < -0.3 is 10.1 Å². The summed E-state index contributed by atoms with van der Waals surface area (Å²) in [4.78, 5) is 24.7. The van der Waals surface area contributed by atoms with Crippen LogP contribution in [0.5, 0.6) is 0 Å². The van der Waals surface area contributed by atoms with Gasteiger partial charge in [-0.1, -0.05) is 35.9 Å². The second-order valence-electron chi connectivity index (χ2n) is 5.78. The van der Waals surface area contributed by atoms with Crippen molar-refractivity contribution in [2.24, 2.45) is 0 Å². The molecule has 1 aliphatic rings. The number of anilines is 1. The highest BCUT2D eigenvalue weighted by atomic mass is 16.6. The van der Waals surface area contributed by atoms with Crippen molar-refractivity contribution in [2.75, 3.05) is 5.32 Å².